The van der Waals surface area contributed by atoms with Crippen molar-refractivity contribution in [1.82, 2.24) is 5.32 Å². The van der Waals surface area contributed by atoms with Crippen LogP contribution in [0.5, 0.6) is 0 Å². The lowest BCUT2D eigenvalue weighted by Crippen LogP contribution is -2.40. The first-order chi connectivity index (χ1) is 9.51. The second kappa shape index (κ2) is 5.68. The van der Waals surface area contributed by atoms with Gasteiger partial charge in [0.05, 0.1) is 13.3 Å². The molecule has 1 heterocycles. The molecule has 106 valence electrons. The zero-order valence-corrected chi connectivity index (χ0v) is 10.9. The van der Waals surface area contributed by atoms with E-state index in [1.807, 2.05) is 0 Å². The van der Waals surface area contributed by atoms with Crippen LogP contribution in [0.3, 0.4) is 0 Å². The Morgan fingerprint density at radius 3 is 2.75 bits per heavy atom. The van der Waals surface area contributed by atoms with Crippen LogP contribution in [0.4, 0.5) is 14.5 Å². The predicted molar refractivity (Wildman–Crippen MR) is 70.2 cm³/mol. The molecular formula is C13H13F2N3O2. The van der Waals surface area contributed by atoms with E-state index in [1.54, 1.807) is 0 Å². The highest BCUT2D eigenvalue weighted by Gasteiger charge is 2.19. The lowest BCUT2D eigenvalue weighted by Gasteiger charge is -2.17. The summed E-state index contributed by atoms with van der Waals surface area (Å²) in [4.78, 5) is 15.8. The van der Waals surface area contributed by atoms with Crippen LogP contribution in [0.25, 0.3) is 0 Å². The highest BCUT2D eigenvalue weighted by Crippen LogP contribution is 2.18. The fourth-order valence-electron chi connectivity index (χ4n) is 1.66. The van der Waals surface area contributed by atoms with Gasteiger partial charge in [0.15, 0.2) is 11.6 Å². The molecule has 0 aromatic heterocycles. The minimum Gasteiger partial charge on any atom is -0.480 e. The van der Waals surface area contributed by atoms with Gasteiger partial charge < -0.3 is 15.4 Å². The monoisotopic (exact) mass is 281 g/mol. The summed E-state index contributed by atoms with van der Waals surface area (Å²) in [5, 5.41) is 5.25. The fourth-order valence-corrected chi connectivity index (χ4v) is 1.66. The standard InChI is InChI=1S/C13H13F2N3O2/c1-7-3-8(4-9(14)12(7)15)18-13(19)10-5-17-11(20-2)6-16-10/h3-6,10,16H,1-2H3,(H,18,19). The van der Waals surface area contributed by atoms with E-state index >= 15 is 0 Å². The number of nitrogens with zero attached hydrogens (tertiary/aromatic N) is 1. The molecule has 0 saturated carbocycles. The quantitative estimate of drug-likeness (QED) is 0.886. The third-order valence-electron chi connectivity index (χ3n) is 2.71. The van der Waals surface area contributed by atoms with Crippen molar-refractivity contribution in [2.75, 3.05) is 12.4 Å². The van der Waals surface area contributed by atoms with Crippen LogP contribution in [0.15, 0.2) is 29.2 Å². The summed E-state index contributed by atoms with van der Waals surface area (Å²) in [5.41, 5.74) is 0.301. The van der Waals surface area contributed by atoms with E-state index in [4.69, 9.17) is 4.74 Å². The number of ether oxygens (including phenoxy) is 1. The number of aryl methyl sites for hydroxylation is 1. The molecule has 1 aromatic rings. The van der Waals surface area contributed by atoms with Gasteiger partial charge in [-0.1, -0.05) is 0 Å². The van der Waals surface area contributed by atoms with Gasteiger partial charge in [-0.15, -0.1) is 0 Å². The van der Waals surface area contributed by atoms with Crippen molar-refractivity contribution in [1.29, 1.82) is 0 Å². The van der Waals surface area contributed by atoms with Crippen LogP contribution < -0.4 is 10.6 Å². The van der Waals surface area contributed by atoms with E-state index in [-0.39, 0.29) is 11.3 Å². The van der Waals surface area contributed by atoms with Gasteiger partial charge in [-0.25, -0.2) is 13.8 Å². The summed E-state index contributed by atoms with van der Waals surface area (Å²) in [6.45, 7) is 1.42. The normalized spacial score (nSPS) is 17.2. The Hall–Kier alpha value is -2.44. The van der Waals surface area contributed by atoms with Crippen molar-refractivity contribution >= 4 is 17.8 Å². The Morgan fingerprint density at radius 1 is 1.45 bits per heavy atom. The van der Waals surface area contributed by atoms with Crippen molar-refractivity contribution in [2.45, 2.75) is 13.0 Å². The second-order valence-corrected chi connectivity index (χ2v) is 4.19. The lowest BCUT2D eigenvalue weighted by atomic mass is 10.2. The number of benzene rings is 1. The van der Waals surface area contributed by atoms with Crippen molar-refractivity contribution in [3.05, 3.63) is 41.4 Å². The molecule has 20 heavy (non-hydrogen) atoms. The van der Waals surface area contributed by atoms with Crippen LogP contribution in [0.2, 0.25) is 0 Å². The van der Waals surface area contributed by atoms with Crippen LogP contribution in [0.1, 0.15) is 5.56 Å². The number of halogens is 2. The van der Waals surface area contributed by atoms with Crippen molar-refractivity contribution in [3.8, 4) is 0 Å². The molecule has 0 spiro atoms. The number of carbonyl (C=O) groups is 1. The molecule has 1 unspecified atom stereocenters. The number of amides is 1. The molecule has 0 fully saturated rings. The number of carbonyl (C=O) groups excluding carboxylic acids is 1. The molecule has 0 aliphatic carbocycles. The van der Waals surface area contributed by atoms with Crippen LogP contribution >= 0.6 is 0 Å². The smallest absolute Gasteiger partial charge is 0.252 e. The Bertz CT molecular complexity index is 576. The maximum Gasteiger partial charge on any atom is 0.252 e. The highest BCUT2D eigenvalue weighted by molar-refractivity contribution is 6.05. The fraction of sp³-hybridized carbons (Fsp3) is 0.231. The first-order valence-corrected chi connectivity index (χ1v) is 5.82. The van der Waals surface area contributed by atoms with E-state index in [0.717, 1.165) is 6.07 Å². The van der Waals surface area contributed by atoms with E-state index in [0.29, 0.717) is 5.88 Å². The molecule has 0 bridgehead atoms. The number of aliphatic imine (C=N–C) groups is 1. The molecule has 0 radical (unpaired) electrons. The van der Waals surface area contributed by atoms with Gasteiger partial charge in [0.25, 0.3) is 5.91 Å². The van der Waals surface area contributed by atoms with Gasteiger partial charge in [-0.05, 0) is 18.6 Å². The topological polar surface area (TPSA) is 62.7 Å². The van der Waals surface area contributed by atoms with Gasteiger partial charge in [0.2, 0.25) is 5.88 Å². The first kappa shape index (κ1) is 14.0. The van der Waals surface area contributed by atoms with Crippen molar-refractivity contribution in [2.24, 2.45) is 4.99 Å². The zero-order valence-electron chi connectivity index (χ0n) is 10.9. The second-order valence-electron chi connectivity index (χ2n) is 4.19. The molecule has 1 atom stereocenters. The summed E-state index contributed by atoms with van der Waals surface area (Å²) in [5.74, 6) is -2.02. The highest BCUT2D eigenvalue weighted by atomic mass is 19.2. The SMILES string of the molecule is COC1=CNC(C(=O)Nc2cc(C)c(F)c(F)c2)C=N1. The van der Waals surface area contributed by atoms with Crippen LogP contribution in [-0.2, 0) is 9.53 Å². The average molecular weight is 281 g/mol. The summed E-state index contributed by atoms with van der Waals surface area (Å²) < 4.78 is 31.2. The van der Waals surface area contributed by atoms with Crippen molar-refractivity contribution in [3.63, 3.8) is 0 Å². The Balaban J connectivity index is 2.06. The first-order valence-electron chi connectivity index (χ1n) is 5.82. The van der Waals surface area contributed by atoms with E-state index in [9.17, 15) is 13.6 Å². The average Bonchev–Trinajstić information content (AvgIpc) is 2.44. The van der Waals surface area contributed by atoms with E-state index in [1.165, 1.54) is 32.5 Å². The zero-order chi connectivity index (χ0) is 14.7. The Labute approximate surface area is 114 Å². The van der Waals surface area contributed by atoms with Crippen LogP contribution in [-0.4, -0.2) is 25.3 Å². The van der Waals surface area contributed by atoms with Gasteiger partial charge in [0.1, 0.15) is 6.04 Å². The van der Waals surface area contributed by atoms with E-state index < -0.39 is 23.6 Å². The number of anilines is 1. The number of methoxy groups -OCH3 is 1. The maximum absolute atomic E-state index is 13.2. The third-order valence-corrected chi connectivity index (χ3v) is 2.71. The molecule has 7 heteroatoms. The summed E-state index contributed by atoms with van der Waals surface area (Å²) >= 11 is 0. The van der Waals surface area contributed by atoms with E-state index in [2.05, 4.69) is 15.6 Å². The number of nitrogens with one attached hydrogen (secondary N) is 2. The largest absolute Gasteiger partial charge is 0.480 e. The van der Waals surface area contributed by atoms with Gasteiger partial charge >= 0.3 is 0 Å². The summed E-state index contributed by atoms with van der Waals surface area (Å²) in [7, 11) is 1.45. The molecule has 2 rings (SSSR count). The molecule has 2 N–H and O–H groups in total. The Kier molecular flexibility index (Phi) is 3.97. The van der Waals surface area contributed by atoms with Gasteiger partial charge in [-0.2, -0.15) is 0 Å². The minimum atomic E-state index is -1.01. The number of rotatable bonds is 3. The Morgan fingerprint density at radius 2 is 2.20 bits per heavy atom. The van der Waals surface area contributed by atoms with Crippen LogP contribution in [0, 0.1) is 18.6 Å². The molecular weight excluding hydrogens is 268 g/mol. The number of hydrogen-bond donors (Lipinski definition) is 2. The van der Waals surface area contributed by atoms with Crippen molar-refractivity contribution < 1.29 is 18.3 Å². The molecule has 1 aliphatic rings. The maximum atomic E-state index is 13.2. The van der Waals surface area contributed by atoms with Gasteiger partial charge in [0, 0.05) is 18.0 Å². The number of hydrogen-bond acceptors (Lipinski definition) is 4. The minimum absolute atomic E-state index is 0.118. The predicted octanol–water partition coefficient (Wildman–Crippen LogP) is 1.70. The van der Waals surface area contributed by atoms with Gasteiger partial charge in [-0.3, -0.25) is 4.79 Å². The molecule has 1 aliphatic heterocycles. The molecule has 1 aromatic carbocycles. The summed E-state index contributed by atoms with van der Waals surface area (Å²) in [6, 6.07) is 1.57. The molecule has 1 amide bonds. The lowest BCUT2D eigenvalue weighted by molar-refractivity contribution is -0.116. The third kappa shape index (κ3) is 2.93. The summed E-state index contributed by atoms with van der Waals surface area (Å²) in [6.07, 6.45) is 2.81. The molecule has 5 nitrogen and oxygen atoms in total. The molecule has 0 saturated heterocycles.